The average molecular weight is 397 g/mol. The summed E-state index contributed by atoms with van der Waals surface area (Å²) < 4.78 is 40.8. The Morgan fingerprint density at radius 3 is 2.73 bits per heavy atom. The van der Waals surface area contributed by atoms with E-state index in [1.165, 1.54) is 31.3 Å². The van der Waals surface area contributed by atoms with Gasteiger partial charge in [-0.15, -0.1) is 0 Å². The molecule has 0 atom stereocenters. The molecule has 0 unspecified atom stereocenters. The number of nitrogens with zero attached hydrogens (tertiary/aromatic N) is 1. The van der Waals surface area contributed by atoms with Crippen molar-refractivity contribution in [1.29, 1.82) is 0 Å². The molecule has 1 aliphatic rings. The lowest BCUT2D eigenvalue weighted by Crippen LogP contribution is -2.27. The van der Waals surface area contributed by atoms with E-state index < -0.39 is 15.8 Å². The first kappa shape index (κ1) is 18.8. The number of rotatable bonds is 4. The first-order chi connectivity index (χ1) is 12.3. The van der Waals surface area contributed by atoms with E-state index in [1.54, 1.807) is 12.1 Å². The second-order valence-corrected chi connectivity index (χ2v) is 8.63. The van der Waals surface area contributed by atoms with Gasteiger partial charge in [0.15, 0.2) is 0 Å². The van der Waals surface area contributed by atoms with E-state index in [4.69, 9.17) is 11.6 Å². The highest BCUT2D eigenvalue weighted by Gasteiger charge is 2.24. The van der Waals surface area contributed by atoms with Crippen LogP contribution in [0.3, 0.4) is 0 Å². The zero-order valence-corrected chi connectivity index (χ0v) is 15.7. The first-order valence-corrected chi connectivity index (χ1v) is 9.93. The number of aryl methyl sites for hydroxylation is 1. The molecule has 3 rings (SSSR count). The second-order valence-electron chi connectivity index (χ2n) is 6.18. The van der Waals surface area contributed by atoms with Gasteiger partial charge >= 0.3 is 0 Å². The molecule has 0 radical (unpaired) electrons. The third-order valence-corrected chi connectivity index (χ3v) is 6.50. The van der Waals surface area contributed by atoms with Gasteiger partial charge in [0.25, 0.3) is 0 Å². The van der Waals surface area contributed by atoms with Crippen LogP contribution in [0.25, 0.3) is 0 Å². The predicted molar refractivity (Wildman–Crippen MR) is 98.1 cm³/mol. The van der Waals surface area contributed by atoms with Gasteiger partial charge in [-0.3, -0.25) is 4.79 Å². The van der Waals surface area contributed by atoms with Crippen molar-refractivity contribution in [2.75, 3.05) is 12.4 Å². The molecule has 5 nitrogen and oxygen atoms in total. The number of fused-ring (bicyclic) bond motifs is 1. The first-order valence-electron chi connectivity index (χ1n) is 8.11. The van der Waals surface area contributed by atoms with Crippen LogP contribution in [0.15, 0.2) is 41.3 Å². The Kier molecular flexibility index (Phi) is 5.32. The van der Waals surface area contributed by atoms with E-state index >= 15 is 0 Å². The number of carbonyl (C=O) groups excluding carboxylic acids is 1. The molecule has 8 heteroatoms. The summed E-state index contributed by atoms with van der Waals surface area (Å²) in [4.78, 5) is 11.7. The van der Waals surface area contributed by atoms with Crippen LogP contribution in [0.5, 0.6) is 0 Å². The Morgan fingerprint density at radius 2 is 2.00 bits per heavy atom. The zero-order chi connectivity index (χ0) is 18.9. The molecule has 2 aromatic carbocycles. The highest BCUT2D eigenvalue weighted by molar-refractivity contribution is 7.89. The van der Waals surface area contributed by atoms with Crippen LogP contribution in [-0.4, -0.2) is 25.7 Å². The fourth-order valence-corrected chi connectivity index (χ4v) is 4.30. The summed E-state index contributed by atoms with van der Waals surface area (Å²) in [6, 6.07) is 8.83. The van der Waals surface area contributed by atoms with Gasteiger partial charge in [-0.25, -0.2) is 12.8 Å². The highest BCUT2D eigenvalue weighted by Crippen LogP contribution is 2.28. The van der Waals surface area contributed by atoms with E-state index in [2.05, 4.69) is 5.32 Å². The molecule has 0 saturated heterocycles. The number of nitrogens with one attached hydrogen (secondary N) is 1. The van der Waals surface area contributed by atoms with E-state index in [9.17, 15) is 17.6 Å². The van der Waals surface area contributed by atoms with Gasteiger partial charge in [0.2, 0.25) is 15.9 Å². The lowest BCUT2D eigenvalue weighted by atomic mass is 10.1. The molecular formula is C18H18ClFN2O3S. The summed E-state index contributed by atoms with van der Waals surface area (Å²) >= 11 is 5.99. The maximum absolute atomic E-state index is 14.0. The van der Waals surface area contributed by atoms with Crippen molar-refractivity contribution in [3.05, 3.63) is 58.4 Å². The largest absolute Gasteiger partial charge is 0.326 e. The van der Waals surface area contributed by atoms with E-state index in [-0.39, 0.29) is 27.9 Å². The van der Waals surface area contributed by atoms with Crippen molar-refractivity contribution in [2.45, 2.75) is 30.7 Å². The van der Waals surface area contributed by atoms with Gasteiger partial charge in [0.05, 0.1) is 4.90 Å². The van der Waals surface area contributed by atoms with Gasteiger partial charge in [0, 0.05) is 36.3 Å². The van der Waals surface area contributed by atoms with Crippen molar-refractivity contribution in [1.82, 2.24) is 4.31 Å². The van der Waals surface area contributed by atoms with Crippen LogP contribution in [0.4, 0.5) is 10.1 Å². The summed E-state index contributed by atoms with van der Waals surface area (Å²) in [6.07, 6.45) is 1.67. The standard InChI is InChI=1S/C18H18ClFN2O3S/c1-22(11-14-15(19)5-3-6-16(14)20)26(24,25)13-8-9-17-12(10-13)4-2-7-18(23)21-17/h3,5-6,8-10H,2,4,7,11H2,1H3,(H,21,23). The molecule has 1 N–H and O–H groups in total. The lowest BCUT2D eigenvalue weighted by molar-refractivity contribution is -0.116. The van der Waals surface area contributed by atoms with Crippen molar-refractivity contribution in [3.63, 3.8) is 0 Å². The minimum absolute atomic E-state index is 0.0781. The minimum atomic E-state index is -3.83. The third kappa shape index (κ3) is 3.75. The molecule has 26 heavy (non-hydrogen) atoms. The maximum atomic E-state index is 14.0. The number of amides is 1. The normalized spacial score (nSPS) is 14.7. The van der Waals surface area contributed by atoms with E-state index in [0.717, 1.165) is 9.87 Å². The fourth-order valence-electron chi connectivity index (χ4n) is 2.88. The smallest absolute Gasteiger partial charge is 0.243 e. The molecule has 1 amide bonds. The number of sulfonamides is 1. The quantitative estimate of drug-likeness (QED) is 0.859. The van der Waals surface area contributed by atoms with Crippen molar-refractivity contribution < 1.29 is 17.6 Å². The third-order valence-electron chi connectivity index (χ3n) is 4.35. The number of carbonyl (C=O) groups is 1. The van der Waals surface area contributed by atoms with Crippen LogP contribution in [0, 0.1) is 5.82 Å². The molecule has 0 saturated carbocycles. The monoisotopic (exact) mass is 396 g/mol. The summed E-state index contributed by atoms with van der Waals surface area (Å²) in [7, 11) is -2.45. The summed E-state index contributed by atoms with van der Waals surface area (Å²) in [5.41, 5.74) is 1.53. The molecule has 0 fully saturated rings. The lowest BCUT2D eigenvalue weighted by Gasteiger charge is -2.19. The Hall–Kier alpha value is -1.96. The van der Waals surface area contributed by atoms with Crippen LogP contribution < -0.4 is 5.32 Å². The van der Waals surface area contributed by atoms with Crippen molar-refractivity contribution >= 4 is 33.2 Å². The SMILES string of the molecule is CN(Cc1c(F)cccc1Cl)S(=O)(=O)c1ccc2c(c1)CCCC(=O)N2. The molecule has 0 aliphatic carbocycles. The highest BCUT2D eigenvalue weighted by atomic mass is 35.5. The van der Waals surface area contributed by atoms with Crippen molar-refractivity contribution in [3.8, 4) is 0 Å². The molecule has 2 aromatic rings. The molecule has 0 aromatic heterocycles. The van der Waals surface area contributed by atoms with Gasteiger partial charge in [-0.05, 0) is 48.7 Å². The van der Waals surface area contributed by atoms with Gasteiger partial charge in [-0.1, -0.05) is 17.7 Å². The summed E-state index contributed by atoms with van der Waals surface area (Å²) in [5, 5.41) is 2.95. The van der Waals surface area contributed by atoms with Crippen LogP contribution in [0.1, 0.15) is 24.0 Å². The second kappa shape index (κ2) is 7.34. The van der Waals surface area contributed by atoms with E-state index in [0.29, 0.717) is 24.9 Å². The Balaban J connectivity index is 1.90. The number of benzene rings is 2. The molecular weight excluding hydrogens is 379 g/mol. The number of anilines is 1. The van der Waals surface area contributed by atoms with Gasteiger partial charge in [-0.2, -0.15) is 4.31 Å². The van der Waals surface area contributed by atoms with Crippen LogP contribution >= 0.6 is 11.6 Å². The number of hydrogen-bond donors (Lipinski definition) is 1. The molecule has 0 spiro atoms. The van der Waals surface area contributed by atoms with Gasteiger partial charge < -0.3 is 5.32 Å². The number of halogens is 2. The Bertz CT molecular complexity index is 943. The fraction of sp³-hybridized carbons (Fsp3) is 0.278. The predicted octanol–water partition coefficient (Wildman–Crippen LogP) is 3.57. The Labute approximate surface area is 156 Å². The molecule has 0 bridgehead atoms. The summed E-state index contributed by atoms with van der Waals surface area (Å²) in [5.74, 6) is -0.630. The zero-order valence-electron chi connectivity index (χ0n) is 14.1. The molecule has 138 valence electrons. The number of hydrogen-bond acceptors (Lipinski definition) is 3. The average Bonchev–Trinajstić information content (AvgIpc) is 2.77. The summed E-state index contributed by atoms with van der Waals surface area (Å²) in [6.45, 7) is -0.179. The van der Waals surface area contributed by atoms with E-state index in [1.807, 2.05) is 0 Å². The van der Waals surface area contributed by atoms with Crippen molar-refractivity contribution in [2.24, 2.45) is 0 Å². The molecule has 1 aliphatic heterocycles. The van der Waals surface area contributed by atoms with Crippen LogP contribution in [-0.2, 0) is 27.8 Å². The maximum Gasteiger partial charge on any atom is 0.243 e. The Morgan fingerprint density at radius 1 is 1.23 bits per heavy atom. The van der Waals surface area contributed by atoms with Gasteiger partial charge in [0.1, 0.15) is 5.82 Å². The minimum Gasteiger partial charge on any atom is -0.326 e. The topological polar surface area (TPSA) is 66.5 Å². The molecule has 1 heterocycles. The van der Waals surface area contributed by atoms with Crippen LogP contribution in [0.2, 0.25) is 5.02 Å².